The minimum atomic E-state index is 1.09. The van der Waals surface area contributed by atoms with Gasteiger partial charge in [-0.05, 0) is 83.1 Å². The number of anilines is 6. The molecule has 1 heterocycles. The minimum absolute atomic E-state index is 1.09. The van der Waals surface area contributed by atoms with E-state index in [2.05, 4.69) is 204 Å². The lowest BCUT2D eigenvalue weighted by Crippen LogP contribution is -2.17. The van der Waals surface area contributed by atoms with Gasteiger partial charge in [0.05, 0.1) is 17.1 Å². The Bertz CT molecular complexity index is 2500. The molecule has 0 saturated heterocycles. The fourth-order valence-corrected chi connectivity index (χ4v) is 8.09. The Hall–Kier alpha value is -6.16. The molecule has 2 nitrogen and oxygen atoms in total. The first-order valence-electron chi connectivity index (χ1n) is 16.6. The maximum Gasteiger partial charge on any atom is 0.0716 e. The molecule has 0 aliphatic rings. The van der Waals surface area contributed by atoms with E-state index < -0.39 is 0 Å². The van der Waals surface area contributed by atoms with E-state index in [1.165, 1.54) is 42.1 Å². The number of hydrogen-bond donors (Lipinski definition) is 0. The molecule has 3 heteroatoms. The first-order valence-corrected chi connectivity index (χ1v) is 17.4. The van der Waals surface area contributed by atoms with E-state index in [9.17, 15) is 0 Å². The fourth-order valence-electron chi connectivity index (χ4n) is 6.94. The molecule has 0 aliphatic heterocycles. The number of thiophene rings is 1. The Labute approximate surface area is 290 Å². The first-order chi connectivity index (χ1) is 24.3. The summed E-state index contributed by atoms with van der Waals surface area (Å²) in [4.78, 5) is 4.84. The van der Waals surface area contributed by atoms with Crippen molar-refractivity contribution in [1.82, 2.24) is 0 Å². The molecule has 0 fully saturated rings. The predicted octanol–water partition coefficient (Wildman–Crippen LogP) is 13.8. The molecule has 0 unspecified atom stereocenters. The molecule has 0 aliphatic carbocycles. The lowest BCUT2D eigenvalue weighted by Gasteiger charge is -2.34. The van der Waals surface area contributed by atoms with Crippen LogP contribution in [0.5, 0.6) is 0 Å². The second-order valence-electron chi connectivity index (χ2n) is 12.2. The Morgan fingerprint density at radius 1 is 0.327 bits per heavy atom. The van der Waals surface area contributed by atoms with Crippen LogP contribution in [0.2, 0.25) is 0 Å². The van der Waals surface area contributed by atoms with E-state index in [1.807, 2.05) is 11.3 Å². The minimum Gasteiger partial charge on any atom is -0.308 e. The van der Waals surface area contributed by atoms with Crippen LogP contribution in [0, 0.1) is 0 Å². The molecular formula is C46H32N2S. The SMILES string of the molecule is c1ccc(-c2ccccc2N(c2ccccc2)c2cc3c(cc2N(c2ccccc2)c2ccccc2)sc2cc4ccccc4cc23)cc1. The number of hydrogen-bond acceptors (Lipinski definition) is 3. The largest absolute Gasteiger partial charge is 0.308 e. The van der Waals surface area contributed by atoms with Crippen molar-refractivity contribution in [3.63, 3.8) is 0 Å². The van der Waals surface area contributed by atoms with E-state index in [-0.39, 0.29) is 0 Å². The molecule has 0 atom stereocenters. The summed E-state index contributed by atoms with van der Waals surface area (Å²) in [7, 11) is 0. The summed E-state index contributed by atoms with van der Waals surface area (Å²) >= 11 is 1.87. The highest BCUT2D eigenvalue weighted by molar-refractivity contribution is 7.26. The number of nitrogens with zero attached hydrogens (tertiary/aromatic N) is 2. The van der Waals surface area contributed by atoms with Crippen LogP contribution in [0.25, 0.3) is 42.1 Å². The van der Waals surface area contributed by atoms with Crippen molar-refractivity contribution in [2.45, 2.75) is 0 Å². The smallest absolute Gasteiger partial charge is 0.0716 e. The molecule has 9 rings (SSSR count). The maximum absolute atomic E-state index is 2.44. The lowest BCUT2D eigenvalue weighted by molar-refractivity contribution is 1.23. The summed E-state index contributed by atoms with van der Waals surface area (Å²) in [5.74, 6) is 0. The van der Waals surface area contributed by atoms with Gasteiger partial charge in [0.1, 0.15) is 0 Å². The zero-order chi connectivity index (χ0) is 32.6. The third-order valence-electron chi connectivity index (χ3n) is 9.19. The Morgan fingerprint density at radius 2 is 0.776 bits per heavy atom. The normalized spacial score (nSPS) is 11.3. The van der Waals surface area contributed by atoms with Gasteiger partial charge >= 0.3 is 0 Å². The quantitative estimate of drug-likeness (QED) is 0.170. The van der Waals surface area contributed by atoms with Crippen molar-refractivity contribution in [2.24, 2.45) is 0 Å². The average Bonchev–Trinajstić information content (AvgIpc) is 3.52. The van der Waals surface area contributed by atoms with Gasteiger partial charge in [0.2, 0.25) is 0 Å². The second kappa shape index (κ2) is 12.5. The molecular weight excluding hydrogens is 613 g/mol. The molecule has 1 aromatic heterocycles. The number of benzene rings is 8. The molecule has 0 saturated carbocycles. The van der Waals surface area contributed by atoms with Crippen molar-refractivity contribution in [2.75, 3.05) is 9.80 Å². The fraction of sp³-hybridized carbons (Fsp3) is 0. The molecule has 232 valence electrons. The van der Waals surface area contributed by atoms with E-state index >= 15 is 0 Å². The predicted molar refractivity (Wildman–Crippen MR) is 212 cm³/mol. The molecule has 0 bridgehead atoms. The van der Waals surface area contributed by atoms with Gasteiger partial charge < -0.3 is 9.80 Å². The summed E-state index contributed by atoms with van der Waals surface area (Å²) in [6.45, 7) is 0. The lowest BCUT2D eigenvalue weighted by atomic mass is 10.0. The van der Waals surface area contributed by atoms with Gasteiger partial charge in [0, 0.05) is 42.8 Å². The molecule has 0 N–H and O–H groups in total. The molecule has 0 amide bonds. The van der Waals surface area contributed by atoms with Gasteiger partial charge in [0.15, 0.2) is 0 Å². The van der Waals surface area contributed by atoms with Crippen molar-refractivity contribution in [3.8, 4) is 11.1 Å². The Kier molecular flexibility index (Phi) is 7.38. The summed E-state index contributed by atoms with van der Waals surface area (Å²) in [5.41, 5.74) is 8.97. The van der Waals surface area contributed by atoms with Crippen LogP contribution in [0.1, 0.15) is 0 Å². The maximum atomic E-state index is 2.44. The van der Waals surface area contributed by atoms with Crippen LogP contribution in [0.3, 0.4) is 0 Å². The Morgan fingerprint density at radius 3 is 1.41 bits per heavy atom. The van der Waals surface area contributed by atoms with Crippen LogP contribution in [0.15, 0.2) is 194 Å². The van der Waals surface area contributed by atoms with Gasteiger partial charge in [-0.25, -0.2) is 0 Å². The van der Waals surface area contributed by atoms with Gasteiger partial charge in [-0.3, -0.25) is 0 Å². The van der Waals surface area contributed by atoms with Crippen LogP contribution in [-0.2, 0) is 0 Å². The van der Waals surface area contributed by atoms with E-state index in [0.717, 1.165) is 34.1 Å². The highest BCUT2D eigenvalue weighted by Crippen LogP contribution is 2.51. The standard InChI is InChI=1S/C46H32N2S/c1-5-17-33(18-6-1)39-27-15-16-28-42(39)48(38-25-11-4-12-26-38)43-31-41-40-29-34-19-13-14-20-35(34)30-45(40)49-46(41)32-44(43)47(36-21-7-2-8-22-36)37-23-9-3-10-24-37/h1-32H. The molecule has 9 aromatic rings. The van der Waals surface area contributed by atoms with E-state index in [0.29, 0.717) is 0 Å². The molecule has 0 spiro atoms. The van der Waals surface area contributed by atoms with Crippen LogP contribution in [0.4, 0.5) is 34.1 Å². The van der Waals surface area contributed by atoms with Crippen molar-refractivity contribution < 1.29 is 0 Å². The third-order valence-corrected chi connectivity index (χ3v) is 10.3. The molecule has 49 heavy (non-hydrogen) atoms. The number of fused-ring (bicyclic) bond motifs is 4. The highest BCUT2D eigenvalue weighted by Gasteiger charge is 2.25. The third kappa shape index (κ3) is 5.31. The monoisotopic (exact) mass is 644 g/mol. The van der Waals surface area contributed by atoms with Crippen LogP contribution >= 0.6 is 11.3 Å². The van der Waals surface area contributed by atoms with Gasteiger partial charge in [-0.1, -0.05) is 127 Å². The van der Waals surface area contributed by atoms with Crippen LogP contribution < -0.4 is 9.80 Å². The van der Waals surface area contributed by atoms with Crippen molar-refractivity contribution in [1.29, 1.82) is 0 Å². The Balaban J connectivity index is 1.41. The molecule has 8 aromatic carbocycles. The summed E-state index contributed by atoms with van der Waals surface area (Å²) in [6, 6.07) is 69.9. The zero-order valence-electron chi connectivity index (χ0n) is 26.8. The van der Waals surface area contributed by atoms with Gasteiger partial charge in [-0.2, -0.15) is 0 Å². The average molecular weight is 645 g/mol. The molecule has 0 radical (unpaired) electrons. The van der Waals surface area contributed by atoms with Crippen LogP contribution in [-0.4, -0.2) is 0 Å². The first kappa shape index (κ1) is 29.0. The van der Waals surface area contributed by atoms with Crippen molar-refractivity contribution >= 4 is 76.4 Å². The van der Waals surface area contributed by atoms with E-state index in [4.69, 9.17) is 0 Å². The topological polar surface area (TPSA) is 6.48 Å². The summed E-state index contributed by atoms with van der Waals surface area (Å²) in [6.07, 6.45) is 0. The second-order valence-corrected chi connectivity index (χ2v) is 13.3. The highest BCUT2D eigenvalue weighted by atomic mass is 32.1. The number of para-hydroxylation sites is 4. The zero-order valence-corrected chi connectivity index (χ0v) is 27.6. The van der Waals surface area contributed by atoms with E-state index in [1.54, 1.807) is 0 Å². The number of rotatable bonds is 7. The van der Waals surface area contributed by atoms with Gasteiger partial charge in [-0.15, -0.1) is 11.3 Å². The summed E-state index contributed by atoms with van der Waals surface area (Å²) < 4.78 is 2.55. The van der Waals surface area contributed by atoms with Crippen molar-refractivity contribution in [3.05, 3.63) is 194 Å². The van der Waals surface area contributed by atoms with Gasteiger partial charge in [0.25, 0.3) is 0 Å². The summed E-state index contributed by atoms with van der Waals surface area (Å²) in [5, 5.41) is 5.05.